The van der Waals surface area contributed by atoms with Crippen LogP contribution < -0.4 is 0 Å². The van der Waals surface area contributed by atoms with Crippen LogP contribution in [0.4, 0.5) is 0 Å². The fourth-order valence-electron chi connectivity index (χ4n) is 1.84. The number of aryl methyl sites for hydroxylation is 2. The van der Waals surface area contributed by atoms with Crippen LogP contribution >= 0.6 is 0 Å². The second-order valence-corrected chi connectivity index (χ2v) is 4.44. The van der Waals surface area contributed by atoms with Crippen molar-refractivity contribution in [2.45, 2.75) is 39.8 Å². The van der Waals surface area contributed by atoms with Crippen molar-refractivity contribution >= 4 is 5.97 Å². The lowest BCUT2D eigenvalue weighted by Crippen LogP contribution is -2.18. The molecule has 8 nitrogen and oxygen atoms in total. The van der Waals surface area contributed by atoms with Crippen molar-refractivity contribution in [3.8, 4) is 11.5 Å². The molecule has 8 heteroatoms. The molecule has 0 saturated heterocycles. The molecule has 0 saturated carbocycles. The molecule has 108 valence electrons. The van der Waals surface area contributed by atoms with Crippen LogP contribution in [0, 0.1) is 6.92 Å². The van der Waals surface area contributed by atoms with Crippen molar-refractivity contribution in [2.75, 3.05) is 0 Å². The molecule has 1 unspecified atom stereocenters. The van der Waals surface area contributed by atoms with E-state index < -0.39 is 6.23 Å². The van der Waals surface area contributed by atoms with Gasteiger partial charge in [-0.2, -0.15) is 5.10 Å². The van der Waals surface area contributed by atoms with Gasteiger partial charge in [0.1, 0.15) is 5.69 Å². The Morgan fingerprint density at radius 1 is 1.45 bits per heavy atom. The van der Waals surface area contributed by atoms with E-state index in [1.165, 1.54) is 4.80 Å². The molecule has 0 aromatic carbocycles. The van der Waals surface area contributed by atoms with Gasteiger partial charge in [0, 0.05) is 19.9 Å². The molecule has 1 atom stereocenters. The molecule has 0 fully saturated rings. The fraction of sp³-hybridized carbons (Fsp3) is 0.583. The molecule has 0 aliphatic carbocycles. The third-order valence-corrected chi connectivity index (χ3v) is 2.92. The van der Waals surface area contributed by atoms with Gasteiger partial charge in [-0.05, 0) is 17.7 Å². The molecule has 2 aromatic rings. The summed E-state index contributed by atoms with van der Waals surface area (Å²) in [4.78, 5) is 12.7. The van der Waals surface area contributed by atoms with Gasteiger partial charge in [-0.15, -0.1) is 15.0 Å². The molecule has 0 N–H and O–H groups in total. The first-order valence-electron chi connectivity index (χ1n) is 6.54. The first-order chi connectivity index (χ1) is 9.56. The van der Waals surface area contributed by atoms with Gasteiger partial charge >= 0.3 is 5.97 Å². The first-order valence-corrected chi connectivity index (χ1v) is 6.54. The van der Waals surface area contributed by atoms with Crippen LogP contribution in [0.2, 0.25) is 0 Å². The van der Waals surface area contributed by atoms with Gasteiger partial charge < -0.3 is 4.74 Å². The molecular formula is C12H18N6O2. The third kappa shape index (κ3) is 2.68. The van der Waals surface area contributed by atoms with Crippen LogP contribution in [-0.2, 0) is 16.6 Å². The summed E-state index contributed by atoms with van der Waals surface area (Å²) >= 11 is 0. The summed E-state index contributed by atoms with van der Waals surface area (Å²) in [5, 5.41) is 16.4. The van der Waals surface area contributed by atoms with Crippen LogP contribution in [0.5, 0.6) is 0 Å². The minimum absolute atomic E-state index is 0.285. The Kier molecular flexibility index (Phi) is 4.11. The Hall–Kier alpha value is -2.25. The number of carbonyl (C=O) groups is 1. The van der Waals surface area contributed by atoms with E-state index >= 15 is 0 Å². The van der Waals surface area contributed by atoms with Crippen LogP contribution in [0.1, 0.15) is 38.5 Å². The highest BCUT2D eigenvalue weighted by Crippen LogP contribution is 2.19. The van der Waals surface area contributed by atoms with Gasteiger partial charge in [-0.1, -0.05) is 13.8 Å². The number of aromatic nitrogens is 6. The van der Waals surface area contributed by atoms with Crippen LogP contribution in [-0.4, -0.2) is 36.0 Å². The number of carbonyl (C=O) groups excluding carboxylic acids is 1. The summed E-state index contributed by atoms with van der Waals surface area (Å²) in [7, 11) is 1.82. The molecule has 0 aliphatic rings. The van der Waals surface area contributed by atoms with Gasteiger partial charge in [0.25, 0.3) is 0 Å². The zero-order valence-electron chi connectivity index (χ0n) is 12.1. The van der Waals surface area contributed by atoms with Crippen molar-refractivity contribution in [1.29, 1.82) is 0 Å². The van der Waals surface area contributed by atoms with E-state index in [0.29, 0.717) is 18.7 Å². The number of hydrogen-bond acceptors (Lipinski definition) is 6. The van der Waals surface area contributed by atoms with Crippen molar-refractivity contribution < 1.29 is 9.53 Å². The summed E-state index contributed by atoms with van der Waals surface area (Å²) < 4.78 is 6.95. The highest BCUT2D eigenvalue weighted by molar-refractivity contribution is 5.68. The average molecular weight is 278 g/mol. The van der Waals surface area contributed by atoms with E-state index in [-0.39, 0.29) is 5.97 Å². The summed E-state index contributed by atoms with van der Waals surface area (Å²) in [5.41, 5.74) is 1.76. The van der Waals surface area contributed by atoms with Gasteiger partial charge in [0.2, 0.25) is 12.1 Å². The Morgan fingerprint density at radius 3 is 2.75 bits per heavy atom. The smallest absolute Gasteiger partial charge is 0.307 e. The largest absolute Gasteiger partial charge is 0.438 e. The minimum atomic E-state index is -0.530. The summed E-state index contributed by atoms with van der Waals surface area (Å²) in [6.07, 6.45) is 2.10. The van der Waals surface area contributed by atoms with Crippen molar-refractivity contribution in [1.82, 2.24) is 30.0 Å². The second kappa shape index (κ2) is 5.81. The quantitative estimate of drug-likeness (QED) is 0.765. The number of tetrazole rings is 1. The SMILES string of the molecule is CCC(=O)OC(CC)n1nnc(-c2c(C)cnn2C)n1. The van der Waals surface area contributed by atoms with Gasteiger partial charge in [-0.25, -0.2) is 0 Å². The Bertz CT molecular complexity index is 583. The normalized spacial score (nSPS) is 12.4. The maximum absolute atomic E-state index is 11.4. The van der Waals surface area contributed by atoms with Crippen molar-refractivity contribution in [3.05, 3.63) is 11.8 Å². The lowest BCUT2D eigenvalue weighted by Gasteiger charge is -2.13. The monoisotopic (exact) mass is 278 g/mol. The van der Waals surface area contributed by atoms with Gasteiger partial charge in [0.15, 0.2) is 0 Å². The van der Waals surface area contributed by atoms with Crippen molar-refractivity contribution in [3.63, 3.8) is 0 Å². The fourth-order valence-corrected chi connectivity index (χ4v) is 1.84. The third-order valence-electron chi connectivity index (χ3n) is 2.92. The molecule has 0 spiro atoms. The average Bonchev–Trinajstić information content (AvgIpc) is 3.03. The Labute approximate surface area is 116 Å². The lowest BCUT2D eigenvalue weighted by atomic mass is 10.3. The molecule has 0 radical (unpaired) electrons. The van der Waals surface area contributed by atoms with E-state index in [0.717, 1.165) is 11.3 Å². The predicted octanol–water partition coefficient (Wildman–Crippen LogP) is 1.24. The predicted molar refractivity (Wildman–Crippen MR) is 70.5 cm³/mol. The number of nitrogens with zero attached hydrogens (tertiary/aromatic N) is 6. The molecule has 2 heterocycles. The lowest BCUT2D eigenvalue weighted by molar-refractivity contribution is -0.155. The zero-order chi connectivity index (χ0) is 14.7. The second-order valence-electron chi connectivity index (χ2n) is 4.44. The molecule has 2 aromatic heterocycles. The van der Waals surface area contributed by atoms with Gasteiger partial charge in [-0.3, -0.25) is 9.48 Å². The van der Waals surface area contributed by atoms with E-state index in [4.69, 9.17) is 4.74 Å². The van der Waals surface area contributed by atoms with Crippen LogP contribution in [0.3, 0.4) is 0 Å². The van der Waals surface area contributed by atoms with E-state index in [9.17, 15) is 4.79 Å². The molecule has 0 aliphatic heterocycles. The summed E-state index contributed by atoms with van der Waals surface area (Å²) in [6.45, 7) is 5.57. The highest BCUT2D eigenvalue weighted by Gasteiger charge is 2.19. The number of rotatable bonds is 5. The maximum Gasteiger partial charge on any atom is 0.307 e. The maximum atomic E-state index is 11.4. The Morgan fingerprint density at radius 2 is 2.20 bits per heavy atom. The molecule has 2 rings (SSSR count). The molecule has 20 heavy (non-hydrogen) atoms. The molecular weight excluding hydrogens is 260 g/mol. The number of hydrogen-bond donors (Lipinski definition) is 0. The van der Waals surface area contributed by atoms with Crippen molar-refractivity contribution in [2.24, 2.45) is 7.05 Å². The minimum Gasteiger partial charge on any atom is -0.438 e. The summed E-state index contributed by atoms with van der Waals surface area (Å²) in [6, 6.07) is 0. The highest BCUT2D eigenvalue weighted by atomic mass is 16.6. The molecule has 0 bridgehead atoms. The number of ether oxygens (including phenoxy) is 1. The Balaban J connectivity index is 2.26. The standard InChI is InChI=1S/C12H18N6O2/c1-5-9(20-10(19)6-2)18-15-12(14-16-18)11-8(3)7-13-17(11)4/h7,9H,5-6H2,1-4H3. The first kappa shape index (κ1) is 14.2. The topological polar surface area (TPSA) is 87.7 Å². The van der Waals surface area contributed by atoms with Crippen LogP contribution in [0.15, 0.2) is 6.20 Å². The summed E-state index contributed by atoms with van der Waals surface area (Å²) in [5.74, 6) is 0.181. The van der Waals surface area contributed by atoms with Crippen LogP contribution in [0.25, 0.3) is 11.5 Å². The van der Waals surface area contributed by atoms with Gasteiger partial charge in [0.05, 0.1) is 6.20 Å². The van der Waals surface area contributed by atoms with E-state index in [1.807, 2.05) is 20.9 Å². The van der Waals surface area contributed by atoms with E-state index in [1.54, 1.807) is 17.8 Å². The van der Waals surface area contributed by atoms with E-state index in [2.05, 4.69) is 20.5 Å². The molecule has 0 amide bonds. The zero-order valence-corrected chi connectivity index (χ0v) is 12.1. The number of esters is 1.